The number of phenolic OH excluding ortho intramolecular Hbond substituents is 1. The van der Waals surface area contributed by atoms with E-state index in [0.717, 1.165) is 36.0 Å². The Morgan fingerprint density at radius 3 is 2.93 bits per heavy atom. The molecule has 3 unspecified atom stereocenters. The Hall–Kier alpha value is -1.12. The van der Waals surface area contributed by atoms with Crippen molar-refractivity contribution in [2.75, 3.05) is 27.2 Å². The summed E-state index contributed by atoms with van der Waals surface area (Å²) in [5.41, 5.74) is 1.30. The molecule has 4 aliphatic rings. The Morgan fingerprint density at radius 1 is 1.44 bits per heavy atom. The van der Waals surface area contributed by atoms with E-state index in [2.05, 4.69) is 13.6 Å². The molecule has 6 heteroatoms. The van der Waals surface area contributed by atoms with Crippen molar-refractivity contribution in [1.82, 2.24) is 0 Å². The van der Waals surface area contributed by atoms with Gasteiger partial charge in [-0.25, -0.2) is 0 Å². The van der Waals surface area contributed by atoms with E-state index < -0.39 is 17.1 Å². The molecule has 2 heterocycles. The average molecular weight is 483 g/mol. The van der Waals surface area contributed by atoms with Crippen molar-refractivity contribution in [2.24, 2.45) is 0 Å². The third kappa shape index (κ3) is 1.99. The molecule has 5 nitrogen and oxygen atoms in total. The number of aromatic hydroxyl groups is 1. The molecule has 0 amide bonds. The molecule has 0 aromatic heterocycles. The second-order valence-corrected chi connectivity index (χ2v) is 8.62. The Labute approximate surface area is 176 Å². The SMILES string of the molecule is C=CC[N@@+]1(C)CC[C@]23c4c5ccc(O)c4OC2C(=O)CCC3(OC)C1C5.[I-]. The molecule has 1 spiro atoms. The zero-order valence-corrected chi connectivity index (χ0v) is 18.0. The molecule has 1 N–H and O–H groups in total. The van der Waals surface area contributed by atoms with Crippen molar-refractivity contribution < 1.29 is 47.8 Å². The number of carbonyl (C=O) groups excluding carboxylic acids is 1. The lowest BCUT2D eigenvalue weighted by molar-refractivity contribution is -0.944. The molecule has 2 aliphatic carbocycles. The average Bonchev–Trinajstić information content (AvgIpc) is 2.99. The summed E-state index contributed by atoms with van der Waals surface area (Å²) in [6.07, 6.45) is 4.32. The van der Waals surface area contributed by atoms with Gasteiger partial charge in [0.2, 0.25) is 0 Å². The van der Waals surface area contributed by atoms with Crippen LogP contribution >= 0.6 is 0 Å². The van der Waals surface area contributed by atoms with E-state index in [0.29, 0.717) is 18.6 Å². The van der Waals surface area contributed by atoms with Crippen LogP contribution < -0.4 is 28.7 Å². The highest BCUT2D eigenvalue weighted by molar-refractivity contribution is 5.90. The maximum Gasteiger partial charge on any atom is 0.174 e. The Kier molecular flexibility index (Phi) is 4.22. The number of ether oxygens (including phenoxy) is 2. The van der Waals surface area contributed by atoms with E-state index in [9.17, 15) is 9.90 Å². The fourth-order valence-corrected chi connectivity index (χ4v) is 6.73. The number of carbonyl (C=O) groups is 1. The number of likely N-dealkylation sites (tertiary alicyclic amines) is 1. The van der Waals surface area contributed by atoms with E-state index in [1.807, 2.05) is 12.1 Å². The first kappa shape index (κ1) is 19.2. The summed E-state index contributed by atoms with van der Waals surface area (Å²) in [6, 6.07) is 3.96. The molecule has 27 heavy (non-hydrogen) atoms. The highest BCUT2D eigenvalue weighted by Gasteiger charge is 2.77. The first-order valence-corrected chi connectivity index (χ1v) is 9.48. The highest BCUT2D eigenvalue weighted by Crippen LogP contribution is 2.66. The van der Waals surface area contributed by atoms with Crippen LogP contribution in [0, 0.1) is 0 Å². The van der Waals surface area contributed by atoms with Gasteiger partial charge in [-0.3, -0.25) is 4.79 Å². The lowest BCUT2D eigenvalue weighted by Gasteiger charge is -2.65. The number of hydrogen-bond donors (Lipinski definition) is 1. The van der Waals surface area contributed by atoms with E-state index in [1.54, 1.807) is 13.2 Å². The molecular formula is C21H26INO4. The molecular weight excluding hydrogens is 457 g/mol. The molecule has 2 bridgehead atoms. The lowest BCUT2D eigenvalue weighted by atomic mass is 9.48. The van der Waals surface area contributed by atoms with Gasteiger partial charge >= 0.3 is 0 Å². The van der Waals surface area contributed by atoms with Crippen LogP contribution in [-0.4, -0.2) is 60.4 Å². The van der Waals surface area contributed by atoms with Gasteiger partial charge in [-0.05, 0) is 24.1 Å². The molecule has 146 valence electrons. The molecule has 2 fully saturated rings. The van der Waals surface area contributed by atoms with Crippen molar-refractivity contribution in [3.05, 3.63) is 35.9 Å². The molecule has 0 radical (unpaired) electrons. The van der Waals surface area contributed by atoms with Gasteiger partial charge in [-0.2, -0.15) is 0 Å². The summed E-state index contributed by atoms with van der Waals surface area (Å²) >= 11 is 0. The number of quaternary nitrogens is 1. The number of nitrogens with zero attached hydrogens (tertiary/aromatic N) is 1. The predicted molar refractivity (Wildman–Crippen MR) is 96.4 cm³/mol. The lowest BCUT2D eigenvalue weighted by Crippen LogP contribution is -3.00. The van der Waals surface area contributed by atoms with Gasteiger partial charge in [0.05, 0.1) is 25.6 Å². The fraction of sp³-hybridized carbons (Fsp3) is 0.571. The summed E-state index contributed by atoms with van der Waals surface area (Å²) in [6.45, 7) is 5.81. The minimum Gasteiger partial charge on any atom is -1.00 e. The number of likely N-dealkylation sites (N-methyl/N-ethyl adjacent to an activating group) is 1. The van der Waals surface area contributed by atoms with E-state index in [4.69, 9.17) is 9.47 Å². The third-order valence-corrected chi connectivity index (χ3v) is 7.77. The van der Waals surface area contributed by atoms with E-state index >= 15 is 0 Å². The summed E-state index contributed by atoms with van der Waals surface area (Å²) in [7, 11) is 4.07. The quantitative estimate of drug-likeness (QED) is 0.344. The second kappa shape index (κ2) is 5.94. The van der Waals surface area contributed by atoms with Gasteiger partial charge in [-0.15, -0.1) is 0 Å². The Balaban J connectivity index is 0.00000180. The van der Waals surface area contributed by atoms with Gasteiger partial charge < -0.3 is 43.0 Å². The van der Waals surface area contributed by atoms with Gasteiger partial charge in [0.15, 0.2) is 23.4 Å². The topological polar surface area (TPSA) is 55.8 Å². The molecule has 1 saturated carbocycles. The number of hydrogen-bond acceptors (Lipinski definition) is 4. The van der Waals surface area contributed by atoms with Crippen molar-refractivity contribution in [1.29, 1.82) is 0 Å². The Bertz CT molecular complexity index is 842. The van der Waals surface area contributed by atoms with Crippen molar-refractivity contribution in [3.63, 3.8) is 0 Å². The molecule has 1 aromatic rings. The number of phenols is 1. The predicted octanol–water partition coefficient (Wildman–Crippen LogP) is -0.896. The molecule has 2 aliphatic heterocycles. The van der Waals surface area contributed by atoms with Crippen molar-refractivity contribution in [3.8, 4) is 11.5 Å². The fourth-order valence-electron chi connectivity index (χ4n) is 6.73. The van der Waals surface area contributed by atoms with Gasteiger partial charge in [0, 0.05) is 31.9 Å². The monoisotopic (exact) mass is 483 g/mol. The van der Waals surface area contributed by atoms with E-state index in [1.165, 1.54) is 5.56 Å². The standard InChI is InChI=1S/C21H25NO4.HI/c1-4-10-22(2)11-9-20-17-13-5-6-14(23)18(17)26-19(20)15(24)7-8-21(20,25-3)16(22)12-13;/h4-6,16,19H,1,7-12H2,2-3H3;1H/t16?,19?,20-,21?,22-;/m0./s1. The number of piperidine rings is 1. The summed E-state index contributed by atoms with van der Waals surface area (Å²) in [5, 5.41) is 10.4. The van der Waals surface area contributed by atoms with Crippen LogP contribution in [0.3, 0.4) is 0 Å². The zero-order valence-electron chi connectivity index (χ0n) is 15.8. The maximum absolute atomic E-state index is 12.9. The molecule has 1 saturated heterocycles. The van der Waals surface area contributed by atoms with E-state index in [-0.39, 0.29) is 41.6 Å². The number of rotatable bonds is 3. The number of halogens is 1. The third-order valence-electron chi connectivity index (χ3n) is 7.77. The normalized spacial score (nSPS) is 40.6. The highest BCUT2D eigenvalue weighted by atomic mass is 127. The van der Waals surface area contributed by atoms with Crippen molar-refractivity contribution >= 4 is 5.78 Å². The van der Waals surface area contributed by atoms with Crippen LogP contribution in [0.15, 0.2) is 24.8 Å². The van der Waals surface area contributed by atoms with Crippen LogP contribution in [0.1, 0.15) is 30.4 Å². The minimum absolute atomic E-state index is 0. The molecule has 5 atom stereocenters. The zero-order chi connectivity index (χ0) is 18.3. The first-order chi connectivity index (χ1) is 12.4. The maximum atomic E-state index is 12.9. The van der Waals surface area contributed by atoms with Gasteiger partial charge in [0.25, 0.3) is 0 Å². The van der Waals surface area contributed by atoms with Crippen LogP contribution in [0.4, 0.5) is 0 Å². The molecule has 5 rings (SSSR count). The van der Waals surface area contributed by atoms with Gasteiger partial charge in [-0.1, -0.05) is 12.6 Å². The molecule has 1 aromatic carbocycles. The number of methoxy groups -OCH3 is 1. The Morgan fingerprint density at radius 2 is 2.22 bits per heavy atom. The van der Waals surface area contributed by atoms with Crippen LogP contribution in [0.25, 0.3) is 0 Å². The van der Waals surface area contributed by atoms with Crippen LogP contribution in [-0.2, 0) is 21.4 Å². The number of Topliss-reactive ketones (excluding diaryl/α,β-unsaturated/α-hetero) is 1. The smallest absolute Gasteiger partial charge is 0.174 e. The summed E-state index contributed by atoms with van der Waals surface area (Å²) in [5.74, 6) is 0.792. The van der Waals surface area contributed by atoms with Crippen LogP contribution in [0.5, 0.6) is 11.5 Å². The number of ketones is 1. The minimum atomic E-state index is -0.543. The van der Waals surface area contributed by atoms with Crippen molar-refractivity contribution in [2.45, 2.75) is 48.8 Å². The second-order valence-electron chi connectivity index (χ2n) is 8.62. The van der Waals surface area contributed by atoms with Gasteiger partial charge in [0.1, 0.15) is 11.6 Å². The first-order valence-electron chi connectivity index (χ1n) is 9.48. The summed E-state index contributed by atoms with van der Waals surface area (Å²) in [4.78, 5) is 12.9. The summed E-state index contributed by atoms with van der Waals surface area (Å²) < 4.78 is 13.4. The number of benzene rings is 1. The largest absolute Gasteiger partial charge is 1.00 e. The van der Waals surface area contributed by atoms with Crippen LogP contribution in [0.2, 0.25) is 0 Å².